The van der Waals surface area contributed by atoms with E-state index in [-0.39, 0.29) is 18.4 Å². The number of carbonyl (C=O) groups is 2. The standard InChI is InChI=1S/C19H22BrN3O2/c1-23(2)13-16-6-4-3-5-15(16)11-21-18(24)12-22-19(25)14-7-9-17(20)10-8-14/h3-10H,11-13H2,1-2H3,(H,21,24)(H,22,25)/p+1. The van der Waals surface area contributed by atoms with Crippen LogP contribution in [0.4, 0.5) is 0 Å². The fraction of sp³-hybridized carbons (Fsp3) is 0.263. The number of nitrogens with one attached hydrogen (secondary N) is 3. The van der Waals surface area contributed by atoms with Gasteiger partial charge >= 0.3 is 0 Å². The van der Waals surface area contributed by atoms with E-state index in [9.17, 15) is 9.59 Å². The molecule has 132 valence electrons. The molecule has 0 aliphatic carbocycles. The Balaban J connectivity index is 1.83. The number of hydrogen-bond acceptors (Lipinski definition) is 2. The maximum absolute atomic E-state index is 12.0. The van der Waals surface area contributed by atoms with Crippen molar-refractivity contribution in [2.24, 2.45) is 0 Å². The molecule has 0 saturated carbocycles. The average molecular weight is 405 g/mol. The third-order valence-corrected chi connectivity index (χ3v) is 4.18. The molecular formula is C19H23BrN3O2+. The first-order valence-electron chi connectivity index (χ1n) is 8.12. The Bertz CT molecular complexity index is 730. The molecule has 0 bridgehead atoms. The monoisotopic (exact) mass is 404 g/mol. The molecule has 25 heavy (non-hydrogen) atoms. The van der Waals surface area contributed by atoms with E-state index in [0.29, 0.717) is 12.1 Å². The topological polar surface area (TPSA) is 62.6 Å². The molecule has 0 saturated heterocycles. The van der Waals surface area contributed by atoms with Crippen LogP contribution in [-0.4, -0.2) is 32.5 Å². The number of carbonyl (C=O) groups excluding carboxylic acids is 2. The summed E-state index contributed by atoms with van der Waals surface area (Å²) in [4.78, 5) is 25.3. The summed E-state index contributed by atoms with van der Waals surface area (Å²) >= 11 is 3.32. The molecule has 5 nitrogen and oxygen atoms in total. The van der Waals surface area contributed by atoms with Crippen LogP contribution >= 0.6 is 15.9 Å². The molecule has 6 heteroatoms. The summed E-state index contributed by atoms with van der Waals surface area (Å²) < 4.78 is 0.903. The molecule has 0 spiro atoms. The first-order chi connectivity index (χ1) is 12.0. The zero-order chi connectivity index (χ0) is 18.2. The van der Waals surface area contributed by atoms with Crippen LogP contribution in [0.3, 0.4) is 0 Å². The number of benzene rings is 2. The second kappa shape index (κ2) is 9.34. The number of hydrogen-bond donors (Lipinski definition) is 3. The molecule has 0 aliphatic heterocycles. The highest BCUT2D eigenvalue weighted by Crippen LogP contribution is 2.10. The Morgan fingerprint density at radius 3 is 2.24 bits per heavy atom. The van der Waals surface area contributed by atoms with Gasteiger partial charge in [-0.15, -0.1) is 0 Å². The highest BCUT2D eigenvalue weighted by molar-refractivity contribution is 9.10. The van der Waals surface area contributed by atoms with E-state index in [1.165, 1.54) is 10.5 Å². The number of halogens is 1. The van der Waals surface area contributed by atoms with Gasteiger partial charge in [-0.1, -0.05) is 40.2 Å². The Labute approximate surface area is 156 Å². The van der Waals surface area contributed by atoms with Gasteiger partial charge in [-0.3, -0.25) is 9.59 Å². The molecule has 2 amide bonds. The Morgan fingerprint density at radius 2 is 1.60 bits per heavy atom. The molecule has 0 aliphatic rings. The van der Waals surface area contributed by atoms with Gasteiger partial charge in [0.15, 0.2) is 0 Å². The predicted molar refractivity (Wildman–Crippen MR) is 101 cm³/mol. The molecule has 2 aromatic rings. The van der Waals surface area contributed by atoms with Crippen LogP contribution in [0.5, 0.6) is 0 Å². The number of rotatable bonds is 7. The molecule has 0 unspecified atom stereocenters. The van der Waals surface area contributed by atoms with Gasteiger partial charge in [0.2, 0.25) is 5.91 Å². The maximum atomic E-state index is 12.0. The highest BCUT2D eigenvalue weighted by atomic mass is 79.9. The molecule has 3 N–H and O–H groups in total. The highest BCUT2D eigenvalue weighted by Gasteiger charge is 2.09. The minimum absolute atomic E-state index is 0.0456. The fourth-order valence-corrected chi connectivity index (χ4v) is 2.67. The smallest absolute Gasteiger partial charge is 0.251 e. The quantitative estimate of drug-likeness (QED) is 0.647. The SMILES string of the molecule is C[NH+](C)Cc1ccccc1CNC(=O)CNC(=O)c1ccc(Br)cc1. The lowest BCUT2D eigenvalue weighted by Gasteiger charge is -2.13. The number of amides is 2. The minimum Gasteiger partial charge on any atom is -0.350 e. The van der Waals surface area contributed by atoms with Crippen LogP contribution in [-0.2, 0) is 17.9 Å². The maximum Gasteiger partial charge on any atom is 0.251 e. The van der Waals surface area contributed by atoms with Crippen LogP contribution < -0.4 is 15.5 Å². The lowest BCUT2D eigenvalue weighted by Crippen LogP contribution is -3.04. The zero-order valence-corrected chi connectivity index (χ0v) is 16.0. The van der Waals surface area contributed by atoms with E-state index in [1.807, 2.05) is 18.2 Å². The predicted octanol–water partition coefficient (Wildman–Crippen LogP) is 1.14. The van der Waals surface area contributed by atoms with Gasteiger partial charge in [0.1, 0.15) is 6.54 Å². The van der Waals surface area contributed by atoms with E-state index in [0.717, 1.165) is 16.6 Å². The van der Waals surface area contributed by atoms with Crippen molar-refractivity contribution in [3.05, 3.63) is 69.7 Å². The summed E-state index contributed by atoms with van der Waals surface area (Å²) in [6, 6.07) is 15.0. The molecule has 0 radical (unpaired) electrons. The molecular weight excluding hydrogens is 382 g/mol. The summed E-state index contributed by atoms with van der Waals surface area (Å²) in [7, 11) is 4.18. The van der Waals surface area contributed by atoms with Gasteiger partial charge in [0, 0.05) is 22.1 Å². The molecule has 0 atom stereocenters. The van der Waals surface area contributed by atoms with Gasteiger partial charge in [0.05, 0.1) is 20.6 Å². The first kappa shape index (κ1) is 19.1. The van der Waals surface area contributed by atoms with Crippen molar-refractivity contribution in [1.82, 2.24) is 10.6 Å². The summed E-state index contributed by atoms with van der Waals surface area (Å²) in [6.07, 6.45) is 0. The lowest BCUT2D eigenvalue weighted by atomic mass is 10.1. The van der Waals surface area contributed by atoms with Crippen molar-refractivity contribution in [3.63, 3.8) is 0 Å². The Kier molecular flexibility index (Phi) is 7.16. The van der Waals surface area contributed by atoms with Crippen molar-refractivity contribution in [2.75, 3.05) is 20.6 Å². The second-order valence-corrected chi connectivity index (χ2v) is 7.03. The summed E-state index contributed by atoms with van der Waals surface area (Å²) in [5.74, 6) is -0.475. The van der Waals surface area contributed by atoms with E-state index in [2.05, 4.69) is 46.7 Å². The third-order valence-electron chi connectivity index (χ3n) is 3.65. The lowest BCUT2D eigenvalue weighted by molar-refractivity contribution is -0.872. The second-order valence-electron chi connectivity index (χ2n) is 6.12. The Morgan fingerprint density at radius 1 is 0.960 bits per heavy atom. The van der Waals surface area contributed by atoms with Crippen LogP contribution in [0.2, 0.25) is 0 Å². The van der Waals surface area contributed by atoms with Crippen molar-refractivity contribution < 1.29 is 14.5 Å². The summed E-state index contributed by atoms with van der Waals surface area (Å²) in [5.41, 5.74) is 2.83. The van der Waals surface area contributed by atoms with E-state index in [1.54, 1.807) is 24.3 Å². The van der Waals surface area contributed by atoms with Gasteiger partial charge in [-0.25, -0.2) is 0 Å². The van der Waals surface area contributed by atoms with Crippen LogP contribution in [0, 0.1) is 0 Å². The zero-order valence-electron chi connectivity index (χ0n) is 14.4. The summed E-state index contributed by atoms with van der Waals surface area (Å²) in [5, 5.41) is 5.49. The third kappa shape index (κ3) is 6.32. The number of quaternary nitrogens is 1. The molecule has 0 heterocycles. The molecule has 0 aromatic heterocycles. The summed E-state index contributed by atoms with van der Waals surface area (Å²) in [6.45, 7) is 1.30. The van der Waals surface area contributed by atoms with Crippen molar-refractivity contribution >= 4 is 27.7 Å². The Hall–Kier alpha value is -2.18. The van der Waals surface area contributed by atoms with Crippen LogP contribution in [0.25, 0.3) is 0 Å². The normalized spacial score (nSPS) is 10.6. The van der Waals surface area contributed by atoms with Gasteiger partial charge < -0.3 is 15.5 Å². The van der Waals surface area contributed by atoms with Crippen molar-refractivity contribution in [1.29, 1.82) is 0 Å². The van der Waals surface area contributed by atoms with E-state index in [4.69, 9.17) is 0 Å². The first-order valence-corrected chi connectivity index (χ1v) is 8.91. The largest absolute Gasteiger partial charge is 0.350 e. The van der Waals surface area contributed by atoms with Crippen LogP contribution in [0.1, 0.15) is 21.5 Å². The molecule has 2 rings (SSSR count). The van der Waals surface area contributed by atoms with Gasteiger partial charge in [-0.05, 0) is 29.8 Å². The van der Waals surface area contributed by atoms with Gasteiger partial charge in [0.25, 0.3) is 5.91 Å². The van der Waals surface area contributed by atoms with Gasteiger partial charge in [-0.2, -0.15) is 0 Å². The van der Waals surface area contributed by atoms with E-state index >= 15 is 0 Å². The van der Waals surface area contributed by atoms with Crippen molar-refractivity contribution in [2.45, 2.75) is 13.1 Å². The average Bonchev–Trinajstić information content (AvgIpc) is 2.59. The van der Waals surface area contributed by atoms with Crippen LogP contribution in [0.15, 0.2) is 53.0 Å². The van der Waals surface area contributed by atoms with E-state index < -0.39 is 0 Å². The molecule has 0 fully saturated rings. The fourth-order valence-electron chi connectivity index (χ4n) is 2.40. The van der Waals surface area contributed by atoms with Crippen molar-refractivity contribution in [3.8, 4) is 0 Å². The minimum atomic E-state index is -0.265. The molecule has 2 aromatic carbocycles.